The molecular weight excluding hydrogens is 536 g/mol. The van der Waals surface area contributed by atoms with Crippen molar-refractivity contribution < 1.29 is 23.8 Å². The predicted octanol–water partition coefficient (Wildman–Crippen LogP) is 7.20. The Balaban J connectivity index is 1.37. The number of hydrogen-bond acceptors (Lipinski definition) is 7. The van der Waals surface area contributed by atoms with Crippen LogP contribution in [0, 0.1) is 0 Å². The zero-order valence-electron chi connectivity index (χ0n) is 23.9. The lowest BCUT2D eigenvalue weighted by Crippen LogP contribution is -2.36. The predicted molar refractivity (Wildman–Crippen MR) is 162 cm³/mol. The number of para-hydroxylation sites is 1. The summed E-state index contributed by atoms with van der Waals surface area (Å²) >= 11 is 1.64. The first-order chi connectivity index (χ1) is 20.1. The van der Waals surface area contributed by atoms with Crippen molar-refractivity contribution in [2.45, 2.75) is 77.4 Å². The molecule has 1 N–H and O–H groups in total. The first-order valence-electron chi connectivity index (χ1n) is 14.6. The van der Waals surface area contributed by atoms with Gasteiger partial charge in [0.2, 0.25) is 0 Å². The highest BCUT2D eigenvalue weighted by Crippen LogP contribution is 2.40. The van der Waals surface area contributed by atoms with Crippen LogP contribution in [0.15, 0.2) is 47.5 Å². The number of carbonyl (C=O) groups is 2. The second-order valence-corrected chi connectivity index (χ2v) is 11.6. The smallest absolute Gasteiger partial charge is 0.338 e. The first kappa shape index (κ1) is 28.9. The molecule has 1 fully saturated rings. The van der Waals surface area contributed by atoms with Crippen LogP contribution in [-0.4, -0.2) is 37.8 Å². The molecule has 2 aromatic carbocycles. The summed E-state index contributed by atoms with van der Waals surface area (Å²) in [7, 11) is 1.61. The molecular formula is C33H38N2O5S. The maximum absolute atomic E-state index is 13.6. The van der Waals surface area contributed by atoms with Crippen LogP contribution in [0.1, 0.15) is 94.2 Å². The number of fused-ring (bicyclic) bond motifs is 1. The van der Waals surface area contributed by atoms with Crippen LogP contribution in [0.4, 0.5) is 5.00 Å². The normalized spacial score (nSPS) is 15.4. The lowest BCUT2D eigenvalue weighted by molar-refractivity contribution is 0.0526. The van der Waals surface area contributed by atoms with Gasteiger partial charge in [-0.25, -0.2) is 9.79 Å². The van der Waals surface area contributed by atoms with Gasteiger partial charge in [0.15, 0.2) is 11.5 Å². The van der Waals surface area contributed by atoms with Crippen LogP contribution in [0.25, 0.3) is 0 Å². The molecule has 0 atom stereocenters. The molecule has 0 radical (unpaired) electrons. The minimum absolute atomic E-state index is 0.0110. The van der Waals surface area contributed by atoms with E-state index in [0.717, 1.165) is 60.2 Å². The lowest BCUT2D eigenvalue weighted by atomic mass is 9.93. The maximum Gasteiger partial charge on any atom is 0.338 e. The van der Waals surface area contributed by atoms with E-state index in [1.807, 2.05) is 30.3 Å². The van der Waals surface area contributed by atoms with Gasteiger partial charge in [-0.2, -0.15) is 0 Å². The van der Waals surface area contributed by atoms with Crippen LogP contribution in [0.2, 0.25) is 0 Å². The largest absolute Gasteiger partial charge is 0.493 e. The van der Waals surface area contributed by atoms with Gasteiger partial charge in [0.1, 0.15) is 11.6 Å². The van der Waals surface area contributed by atoms with Crippen molar-refractivity contribution in [2.24, 2.45) is 4.99 Å². The third-order valence-electron chi connectivity index (χ3n) is 7.72. The second-order valence-electron chi connectivity index (χ2n) is 10.5. The fourth-order valence-electron chi connectivity index (χ4n) is 5.57. The molecule has 1 aromatic heterocycles. The highest BCUT2D eigenvalue weighted by Gasteiger charge is 2.27. The molecule has 5 rings (SSSR count). The summed E-state index contributed by atoms with van der Waals surface area (Å²) in [5.74, 6) is 0.836. The Hall–Kier alpha value is -3.65. The number of benzene rings is 2. The van der Waals surface area contributed by atoms with Crippen LogP contribution < -0.4 is 14.8 Å². The number of amides is 1. The van der Waals surface area contributed by atoms with Gasteiger partial charge in [0, 0.05) is 22.7 Å². The minimum Gasteiger partial charge on any atom is -0.493 e. The summed E-state index contributed by atoms with van der Waals surface area (Å²) in [4.78, 5) is 31.7. The molecule has 1 heterocycles. The van der Waals surface area contributed by atoms with Gasteiger partial charge in [-0.1, -0.05) is 37.5 Å². The SMILES string of the molecule is CCOC(=O)c1ccc(COc2c(C=Nc3sc4c(c3C(=O)NC3CCCCC3)CCCC4)cccc2OC)cc1. The molecule has 1 saturated carbocycles. The first-order valence-corrected chi connectivity index (χ1v) is 15.4. The molecule has 3 aromatic rings. The van der Waals surface area contributed by atoms with Gasteiger partial charge >= 0.3 is 5.97 Å². The molecule has 41 heavy (non-hydrogen) atoms. The summed E-state index contributed by atoms with van der Waals surface area (Å²) in [5, 5.41) is 4.07. The number of esters is 1. The van der Waals surface area contributed by atoms with Gasteiger partial charge < -0.3 is 19.5 Å². The van der Waals surface area contributed by atoms with Crippen molar-refractivity contribution in [3.8, 4) is 11.5 Å². The van der Waals surface area contributed by atoms with Gasteiger partial charge in [0.25, 0.3) is 5.91 Å². The van der Waals surface area contributed by atoms with Gasteiger partial charge in [-0.15, -0.1) is 11.3 Å². The van der Waals surface area contributed by atoms with Crippen molar-refractivity contribution in [2.75, 3.05) is 13.7 Å². The summed E-state index contributed by atoms with van der Waals surface area (Å²) in [6.45, 7) is 2.41. The van der Waals surface area contributed by atoms with E-state index in [-0.39, 0.29) is 24.5 Å². The number of rotatable bonds is 10. The summed E-state index contributed by atoms with van der Waals surface area (Å²) in [6.07, 6.45) is 11.6. The highest BCUT2D eigenvalue weighted by atomic mass is 32.1. The summed E-state index contributed by atoms with van der Waals surface area (Å²) in [6, 6.07) is 13.1. The van der Waals surface area contributed by atoms with Crippen molar-refractivity contribution in [1.82, 2.24) is 5.32 Å². The number of nitrogens with zero attached hydrogens (tertiary/aromatic N) is 1. The summed E-state index contributed by atoms with van der Waals surface area (Å²) in [5.41, 5.74) is 4.09. The van der Waals surface area contributed by atoms with Gasteiger partial charge in [0.05, 0.1) is 24.8 Å². The van der Waals surface area contributed by atoms with Crippen LogP contribution in [-0.2, 0) is 24.2 Å². The molecule has 7 nitrogen and oxygen atoms in total. The molecule has 216 valence electrons. The number of thiophene rings is 1. The zero-order chi connectivity index (χ0) is 28.6. The molecule has 8 heteroatoms. The van der Waals surface area contributed by atoms with E-state index >= 15 is 0 Å². The molecule has 0 saturated heterocycles. The Morgan fingerprint density at radius 1 is 1.02 bits per heavy atom. The number of ether oxygens (including phenoxy) is 3. The standard InChI is InChI=1S/C33H38N2O5S/c1-3-39-33(37)23-18-16-22(17-19-23)21-40-30-24(10-9-14-27(30)38-2)20-34-32-29(26-13-7-8-15-28(26)41-32)31(36)35-25-11-5-4-6-12-25/h9-10,14,16-20,25H,3-8,11-13,15,21H2,1-2H3,(H,35,36). The van der Waals surface area contributed by atoms with E-state index in [0.29, 0.717) is 23.7 Å². The van der Waals surface area contributed by atoms with Crippen LogP contribution >= 0.6 is 11.3 Å². The third kappa shape index (κ3) is 6.99. The topological polar surface area (TPSA) is 86.2 Å². The van der Waals surface area contributed by atoms with E-state index < -0.39 is 0 Å². The Morgan fingerprint density at radius 3 is 2.56 bits per heavy atom. The Kier molecular flexibility index (Phi) is 9.72. The lowest BCUT2D eigenvalue weighted by Gasteiger charge is -2.23. The van der Waals surface area contributed by atoms with Gasteiger partial charge in [-0.05, 0) is 80.8 Å². The average molecular weight is 575 g/mol. The quantitative estimate of drug-likeness (QED) is 0.204. The number of aryl methyl sites for hydroxylation is 1. The monoisotopic (exact) mass is 574 g/mol. The Labute approximate surface area is 245 Å². The fraction of sp³-hybridized carbons (Fsp3) is 0.424. The number of aliphatic imine (C=N–C) groups is 1. The molecule has 0 bridgehead atoms. The summed E-state index contributed by atoms with van der Waals surface area (Å²) < 4.78 is 16.9. The molecule has 0 unspecified atom stereocenters. The minimum atomic E-state index is -0.342. The van der Waals surface area contributed by atoms with Crippen molar-refractivity contribution in [3.63, 3.8) is 0 Å². The fourth-order valence-corrected chi connectivity index (χ4v) is 6.80. The van der Waals surface area contributed by atoms with Crippen molar-refractivity contribution in [3.05, 3.63) is 75.2 Å². The van der Waals surface area contributed by atoms with Gasteiger partial charge in [-0.3, -0.25) is 4.79 Å². The maximum atomic E-state index is 13.6. The van der Waals surface area contributed by atoms with Crippen molar-refractivity contribution in [1.29, 1.82) is 0 Å². The van der Waals surface area contributed by atoms with E-state index in [1.54, 1.807) is 43.7 Å². The molecule has 2 aliphatic rings. The number of nitrogens with one attached hydrogen (secondary N) is 1. The Bertz CT molecular complexity index is 1390. The van der Waals surface area contributed by atoms with E-state index in [4.69, 9.17) is 19.2 Å². The molecule has 0 spiro atoms. The Morgan fingerprint density at radius 2 is 1.80 bits per heavy atom. The third-order valence-corrected chi connectivity index (χ3v) is 8.92. The van der Waals surface area contributed by atoms with E-state index in [1.165, 1.54) is 29.7 Å². The van der Waals surface area contributed by atoms with Crippen molar-refractivity contribution >= 4 is 34.4 Å². The highest BCUT2D eigenvalue weighted by molar-refractivity contribution is 7.16. The molecule has 1 amide bonds. The number of hydrogen-bond donors (Lipinski definition) is 1. The molecule has 0 aliphatic heterocycles. The zero-order valence-corrected chi connectivity index (χ0v) is 24.7. The molecule has 2 aliphatic carbocycles. The second kappa shape index (κ2) is 13.8. The number of carbonyl (C=O) groups excluding carboxylic acids is 2. The number of methoxy groups -OCH3 is 1. The average Bonchev–Trinajstić information content (AvgIpc) is 3.38. The van der Waals surface area contributed by atoms with Crippen LogP contribution in [0.3, 0.4) is 0 Å². The van der Waals surface area contributed by atoms with E-state index in [9.17, 15) is 9.59 Å². The van der Waals surface area contributed by atoms with E-state index in [2.05, 4.69) is 5.32 Å². The van der Waals surface area contributed by atoms with Crippen LogP contribution in [0.5, 0.6) is 11.5 Å².